The van der Waals surface area contributed by atoms with E-state index in [-0.39, 0.29) is 16.8 Å². The summed E-state index contributed by atoms with van der Waals surface area (Å²) in [4.78, 5) is 4.36. The molecule has 1 aromatic heterocycles. The maximum absolute atomic E-state index is 9.72. The van der Waals surface area contributed by atoms with Gasteiger partial charge in [-0.1, -0.05) is 6.08 Å². The van der Waals surface area contributed by atoms with Gasteiger partial charge in [0, 0.05) is 13.7 Å². The summed E-state index contributed by atoms with van der Waals surface area (Å²) < 4.78 is 11.7. The van der Waals surface area contributed by atoms with Crippen molar-refractivity contribution in [1.82, 2.24) is 9.55 Å². The molecule has 0 fully saturated rings. The van der Waals surface area contributed by atoms with Crippen molar-refractivity contribution in [1.29, 1.82) is 5.41 Å². The Labute approximate surface area is 111 Å². The topological polar surface area (TPSA) is 80.4 Å². The molecule has 2 N–H and O–H groups in total. The summed E-state index contributed by atoms with van der Waals surface area (Å²) in [5.74, 6) is -0.315. The Morgan fingerprint density at radius 1 is 1.53 bits per heavy atom. The molecular formula is C13H19N3O3. The first-order valence-electron chi connectivity index (χ1n) is 6.29. The number of aryl methyl sites for hydroxylation is 1. The van der Waals surface area contributed by atoms with Gasteiger partial charge in [-0.15, -0.1) is 0 Å². The van der Waals surface area contributed by atoms with E-state index in [0.717, 1.165) is 30.3 Å². The van der Waals surface area contributed by atoms with Gasteiger partial charge in [0.25, 0.3) is 0 Å². The maximum atomic E-state index is 9.72. The fourth-order valence-corrected chi connectivity index (χ4v) is 2.23. The lowest BCUT2D eigenvalue weighted by atomic mass is 10.1. The minimum Gasteiger partial charge on any atom is -0.479 e. The lowest BCUT2D eigenvalue weighted by Gasteiger charge is -2.15. The molecule has 0 spiro atoms. The van der Waals surface area contributed by atoms with Crippen molar-refractivity contribution >= 4 is 12.0 Å². The average Bonchev–Trinajstić information content (AvgIpc) is 2.45. The van der Waals surface area contributed by atoms with Crippen LogP contribution in [0.5, 0.6) is 0 Å². The van der Waals surface area contributed by atoms with Crippen molar-refractivity contribution in [3.63, 3.8) is 0 Å². The maximum Gasteiger partial charge on any atom is 0.307 e. The molecule has 1 aliphatic carbocycles. The Morgan fingerprint density at radius 2 is 2.32 bits per heavy atom. The molecule has 1 aromatic rings. The molecule has 0 bridgehead atoms. The number of nitrogens with one attached hydrogen (secondary N) is 1. The molecule has 0 saturated heterocycles. The third kappa shape index (κ3) is 2.63. The molecule has 0 amide bonds. The predicted molar refractivity (Wildman–Crippen MR) is 69.7 cm³/mol. The second-order valence-electron chi connectivity index (χ2n) is 4.39. The van der Waals surface area contributed by atoms with Crippen molar-refractivity contribution in [2.24, 2.45) is 0 Å². The molecule has 6 nitrogen and oxygen atoms in total. The van der Waals surface area contributed by atoms with Crippen molar-refractivity contribution < 1.29 is 14.6 Å². The number of hydrogen-bond donors (Lipinski definition) is 2. The Balaban J connectivity index is 2.73. The second kappa shape index (κ2) is 5.88. The Hall–Kier alpha value is -1.82. The van der Waals surface area contributed by atoms with Crippen LogP contribution in [0.2, 0.25) is 0 Å². The fourth-order valence-electron chi connectivity index (χ4n) is 2.23. The van der Waals surface area contributed by atoms with Gasteiger partial charge in [0.2, 0.25) is 0 Å². The largest absolute Gasteiger partial charge is 0.479 e. The molecule has 6 heteroatoms. The normalized spacial score (nSPS) is 15.5. The molecule has 19 heavy (non-hydrogen) atoms. The van der Waals surface area contributed by atoms with Crippen LogP contribution in [-0.2, 0) is 22.4 Å². The highest BCUT2D eigenvalue weighted by molar-refractivity contribution is 5.28. The third-order valence-corrected chi connectivity index (χ3v) is 3.20. The Kier molecular flexibility index (Phi) is 4.21. The van der Waals surface area contributed by atoms with Gasteiger partial charge in [0.05, 0.1) is 24.8 Å². The predicted octanol–water partition coefficient (Wildman–Crippen LogP) is -0.604. The summed E-state index contributed by atoms with van der Waals surface area (Å²) in [7, 11) is 2.99. The van der Waals surface area contributed by atoms with Crippen LogP contribution in [0.3, 0.4) is 0 Å². The third-order valence-electron chi connectivity index (χ3n) is 3.20. The molecule has 0 aliphatic heterocycles. The van der Waals surface area contributed by atoms with Gasteiger partial charge < -0.3 is 19.1 Å². The van der Waals surface area contributed by atoms with Crippen molar-refractivity contribution in [3.8, 4) is 0 Å². The number of ether oxygens (including phenoxy) is 2. The number of aliphatic hydroxyl groups excluding tert-OH is 1. The van der Waals surface area contributed by atoms with Crippen LogP contribution in [0.15, 0.2) is 0 Å². The minimum atomic E-state index is -0.315. The van der Waals surface area contributed by atoms with Gasteiger partial charge in [0.15, 0.2) is 10.8 Å². The highest BCUT2D eigenvalue weighted by atomic mass is 16.6. The lowest BCUT2D eigenvalue weighted by Crippen LogP contribution is -2.49. The number of hydrogen-bond acceptors (Lipinski definition) is 5. The van der Waals surface area contributed by atoms with Gasteiger partial charge in [0.1, 0.15) is 0 Å². The van der Waals surface area contributed by atoms with E-state index in [1.165, 1.54) is 7.11 Å². The summed E-state index contributed by atoms with van der Waals surface area (Å²) in [6.45, 7) is 1.06. The van der Waals surface area contributed by atoms with E-state index in [1.54, 1.807) is 7.11 Å². The number of aromatic nitrogens is 2. The number of fused-ring (bicyclic) bond motifs is 1. The van der Waals surface area contributed by atoms with Crippen LogP contribution < -0.4 is 16.2 Å². The van der Waals surface area contributed by atoms with E-state index >= 15 is 0 Å². The van der Waals surface area contributed by atoms with E-state index in [0.29, 0.717) is 13.2 Å². The quantitative estimate of drug-likeness (QED) is 0.761. The Morgan fingerprint density at radius 3 is 3.00 bits per heavy atom. The smallest absolute Gasteiger partial charge is 0.307 e. The van der Waals surface area contributed by atoms with E-state index < -0.39 is 0 Å². The fraction of sp³-hybridized carbons (Fsp3) is 0.538. The zero-order valence-electron chi connectivity index (χ0n) is 11.3. The number of nitrogens with zero attached hydrogens (tertiary/aromatic N) is 2. The molecule has 0 atom stereocenters. The monoisotopic (exact) mass is 265 g/mol. The molecule has 0 aromatic carbocycles. The van der Waals surface area contributed by atoms with Crippen LogP contribution >= 0.6 is 0 Å². The number of methoxy groups -OCH3 is 2. The molecule has 1 aliphatic rings. The van der Waals surface area contributed by atoms with Gasteiger partial charge in [-0.2, -0.15) is 0 Å². The van der Waals surface area contributed by atoms with Gasteiger partial charge in [-0.25, -0.2) is 4.98 Å². The molecule has 0 radical (unpaired) electrons. The molecule has 0 unspecified atom stereocenters. The van der Waals surface area contributed by atoms with E-state index in [1.807, 2.05) is 4.57 Å². The highest BCUT2D eigenvalue weighted by Gasteiger charge is 2.11. The minimum absolute atomic E-state index is 0.147. The summed E-state index contributed by atoms with van der Waals surface area (Å²) in [5, 5.41) is 19.0. The molecule has 104 valence electrons. The van der Waals surface area contributed by atoms with E-state index in [2.05, 4.69) is 11.1 Å². The standard InChI is InChI=1S/C13H19N3O3/c1-18-8-7-16-10-6-4-3-5-9(10)15-11(12(16)14)13(17)19-2/h6,14,17H,3-5,7-8H2,1-2H3/b13-11-,14-12?. The van der Waals surface area contributed by atoms with Crippen molar-refractivity contribution in [2.45, 2.75) is 25.8 Å². The summed E-state index contributed by atoms with van der Waals surface area (Å²) >= 11 is 0. The van der Waals surface area contributed by atoms with Crippen molar-refractivity contribution in [2.75, 3.05) is 20.8 Å². The number of rotatable bonds is 4. The second-order valence-corrected chi connectivity index (χ2v) is 4.39. The van der Waals surface area contributed by atoms with Crippen LogP contribution in [0, 0.1) is 5.41 Å². The molecule has 2 rings (SSSR count). The zero-order chi connectivity index (χ0) is 13.8. The van der Waals surface area contributed by atoms with Crippen LogP contribution in [0.25, 0.3) is 12.0 Å². The molecule has 1 heterocycles. The number of aliphatic hydroxyl groups is 1. The van der Waals surface area contributed by atoms with Gasteiger partial charge in [-0.3, -0.25) is 5.41 Å². The summed E-state index contributed by atoms with van der Waals surface area (Å²) in [6.07, 6.45) is 4.96. The lowest BCUT2D eigenvalue weighted by molar-refractivity contribution is 0.184. The SMILES string of the molecule is COCCn1c2c(n/c(=C(/O)OC)c1=N)CCCC=2. The van der Waals surface area contributed by atoms with Crippen LogP contribution in [0.4, 0.5) is 0 Å². The average molecular weight is 265 g/mol. The first kappa shape index (κ1) is 13.6. The summed E-state index contributed by atoms with van der Waals surface area (Å²) in [6, 6.07) is 0. The van der Waals surface area contributed by atoms with Crippen molar-refractivity contribution in [3.05, 3.63) is 21.9 Å². The van der Waals surface area contributed by atoms with Gasteiger partial charge in [-0.05, 0) is 19.3 Å². The highest BCUT2D eigenvalue weighted by Crippen LogP contribution is 2.02. The first-order valence-corrected chi connectivity index (χ1v) is 6.29. The Bertz CT molecular complexity index is 634. The molecular weight excluding hydrogens is 246 g/mol. The summed E-state index contributed by atoms with van der Waals surface area (Å²) in [5.41, 5.74) is 1.05. The van der Waals surface area contributed by atoms with Crippen LogP contribution in [-0.4, -0.2) is 35.5 Å². The molecule has 0 saturated carbocycles. The first-order chi connectivity index (χ1) is 9.19. The van der Waals surface area contributed by atoms with E-state index in [9.17, 15) is 5.11 Å². The van der Waals surface area contributed by atoms with E-state index in [4.69, 9.17) is 14.9 Å². The zero-order valence-corrected chi connectivity index (χ0v) is 11.3. The van der Waals surface area contributed by atoms with Crippen LogP contribution in [0.1, 0.15) is 18.5 Å². The van der Waals surface area contributed by atoms with Gasteiger partial charge >= 0.3 is 5.95 Å².